The molecular weight excluding hydrogens is 272 g/mol. The van der Waals surface area contributed by atoms with Crippen LogP contribution in [-0.4, -0.2) is 12.4 Å². The van der Waals surface area contributed by atoms with Crippen LogP contribution in [-0.2, 0) is 0 Å². The Morgan fingerprint density at radius 2 is 2.20 bits per heavy atom. The molecule has 1 saturated carbocycles. The number of thiol groups is 1. The second-order valence-corrected chi connectivity index (χ2v) is 5.49. The van der Waals surface area contributed by atoms with E-state index in [1.165, 1.54) is 19.3 Å². The van der Waals surface area contributed by atoms with Crippen molar-refractivity contribution in [3.63, 3.8) is 0 Å². The summed E-state index contributed by atoms with van der Waals surface area (Å²) in [7, 11) is 0. The van der Waals surface area contributed by atoms with E-state index in [9.17, 15) is 0 Å². The van der Waals surface area contributed by atoms with Gasteiger partial charge in [0.25, 0.3) is 0 Å². The zero-order valence-corrected chi connectivity index (χ0v) is 11.1. The van der Waals surface area contributed by atoms with Crippen LogP contribution < -0.4 is 4.74 Å². The van der Waals surface area contributed by atoms with E-state index in [0.717, 1.165) is 22.6 Å². The molecule has 0 unspecified atom stereocenters. The monoisotopic (exact) mass is 286 g/mol. The summed E-state index contributed by atoms with van der Waals surface area (Å²) in [6, 6.07) is 8.00. The van der Waals surface area contributed by atoms with Gasteiger partial charge in [-0.05, 0) is 36.8 Å². The van der Waals surface area contributed by atoms with Crippen molar-refractivity contribution >= 4 is 28.6 Å². The summed E-state index contributed by atoms with van der Waals surface area (Å²) in [5.74, 6) is 1.87. The molecule has 15 heavy (non-hydrogen) atoms. The first kappa shape index (κ1) is 11.3. The second kappa shape index (κ2) is 4.79. The molecule has 0 atom stereocenters. The van der Waals surface area contributed by atoms with Crippen LogP contribution >= 0.6 is 28.6 Å². The number of halogens is 1. The average Bonchev–Trinajstić information content (AvgIpc) is 2.17. The third-order valence-corrected chi connectivity index (χ3v) is 4.25. The average molecular weight is 287 g/mol. The maximum absolute atomic E-state index is 5.81. The van der Waals surface area contributed by atoms with Gasteiger partial charge in [-0.1, -0.05) is 28.4 Å². The molecule has 0 amide bonds. The highest BCUT2D eigenvalue weighted by Crippen LogP contribution is 2.42. The first-order valence-corrected chi connectivity index (χ1v) is 6.66. The van der Waals surface area contributed by atoms with Gasteiger partial charge in [0.15, 0.2) is 0 Å². The van der Waals surface area contributed by atoms with Crippen LogP contribution in [0.3, 0.4) is 0 Å². The Hall–Kier alpha value is -0.150. The van der Waals surface area contributed by atoms with Gasteiger partial charge in [0.1, 0.15) is 5.75 Å². The third-order valence-electron chi connectivity index (χ3n) is 3.09. The highest BCUT2D eigenvalue weighted by molar-refractivity contribution is 9.10. The Labute approximate surface area is 105 Å². The van der Waals surface area contributed by atoms with Gasteiger partial charge in [-0.2, -0.15) is 12.6 Å². The van der Waals surface area contributed by atoms with Gasteiger partial charge in [0.05, 0.1) is 6.61 Å². The molecule has 0 aliphatic heterocycles. The molecule has 0 spiro atoms. The van der Waals surface area contributed by atoms with Crippen molar-refractivity contribution in [2.45, 2.75) is 19.3 Å². The van der Waals surface area contributed by atoms with Crippen molar-refractivity contribution in [3.8, 4) is 5.75 Å². The van der Waals surface area contributed by atoms with Crippen LogP contribution in [0.2, 0.25) is 0 Å². The Bertz CT molecular complexity index is 331. The molecule has 0 aromatic heterocycles. The fourth-order valence-electron chi connectivity index (χ4n) is 1.82. The summed E-state index contributed by atoms with van der Waals surface area (Å²) < 4.78 is 6.87. The van der Waals surface area contributed by atoms with Gasteiger partial charge in [0.2, 0.25) is 0 Å². The molecule has 1 aliphatic carbocycles. The lowest BCUT2D eigenvalue weighted by molar-refractivity contribution is 0.0829. The largest absolute Gasteiger partial charge is 0.493 e. The molecule has 1 nitrogen and oxygen atoms in total. The second-order valence-electron chi connectivity index (χ2n) is 4.26. The molecule has 0 heterocycles. The highest BCUT2D eigenvalue weighted by Gasteiger charge is 2.36. The van der Waals surface area contributed by atoms with E-state index in [4.69, 9.17) is 4.74 Å². The van der Waals surface area contributed by atoms with E-state index >= 15 is 0 Å². The molecule has 0 N–H and O–H groups in total. The summed E-state index contributed by atoms with van der Waals surface area (Å²) in [5.41, 5.74) is 0.339. The Morgan fingerprint density at radius 3 is 2.73 bits per heavy atom. The smallest absolute Gasteiger partial charge is 0.120 e. The minimum atomic E-state index is 0.339. The number of hydrogen-bond acceptors (Lipinski definition) is 2. The van der Waals surface area contributed by atoms with Crippen molar-refractivity contribution < 1.29 is 4.74 Å². The van der Waals surface area contributed by atoms with E-state index in [1.54, 1.807) is 0 Å². The van der Waals surface area contributed by atoms with Crippen LogP contribution in [0.1, 0.15) is 19.3 Å². The summed E-state index contributed by atoms with van der Waals surface area (Å²) in [5, 5.41) is 0. The van der Waals surface area contributed by atoms with Crippen molar-refractivity contribution in [1.82, 2.24) is 0 Å². The van der Waals surface area contributed by atoms with Crippen LogP contribution in [0.15, 0.2) is 28.7 Å². The molecule has 0 saturated heterocycles. The quantitative estimate of drug-likeness (QED) is 0.826. The van der Waals surface area contributed by atoms with Gasteiger partial charge in [-0.25, -0.2) is 0 Å². The van der Waals surface area contributed by atoms with Gasteiger partial charge in [-0.3, -0.25) is 0 Å². The normalized spacial score (nSPS) is 18.3. The zero-order chi connectivity index (χ0) is 10.7. The Kier molecular flexibility index (Phi) is 3.62. The van der Waals surface area contributed by atoms with Crippen molar-refractivity contribution in [2.75, 3.05) is 12.4 Å². The predicted octanol–water partition coefficient (Wildman–Crippen LogP) is 3.93. The van der Waals surface area contributed by atoms with E-state index in [2.05, 4.69) is 28.6 Å². The maximum atomic E-state index is 5.81. The highest BCUT2D eigenvalue weighted by atomic mass is 79.9. The van der Waals surface area contributed by atoms with Crippen molar-refractivity contribution in [1.29, 1.82) is 0 Å². The Balaban J connectivity index is 1.92. The minimum Gasteiger partial charge on any atom is -0.493 e. The molecule has 82 valence electrons. The lowest BCUT2D eigenvalue weighted by Crippen LogP contribution is -2.37. The topological polar surface area (TPSA) is 9.23 Å². The van der Waals surface area contributed by atoms with E-state index in [0.29, 0.717) is 5.41 Å². The molecule has 0 radical (unpaired) electrons. The van der Waals surface area contributed by atoms with Gasteiger partial charge < -0.3 is 4.74 Å². The van der Waals surface area contributed by atoms with Crippen LogP contribution in [0.25, 0.3) is 0 Å². The summed E-state index contributed by atoms with van der Waals surface area (Å²) in [6.07, 6.45) is 3.83. The molecule has 0 bridgehead atoms. The van der Waals surface area contributed by atoms with Gasteiger partial charge in [0, 0.05) is 9.89 Å². The summed E-state index contributed by atoms with van der Waals surface area (Å²) >= 11 is 7.85. The first-order chi connectivity index (χ1) is 7.24. The summed E-state index contributed by atoms with van der Waals surface area (Å²) in [4.78, 5) is 0. The predicted molar refractivity (Wildman–Crippen MR) is 69.8 cm³/mol. The van der Waals surface area contributed by atoms with Gasteiger partial charge >= 0.3 is 0 Å². The van der Waals surface area contributed by atoms with E-state index in [-0.39, 0.29) is 0 Å². The van der Waals surface area contributed by atoms with Crippen LogP contribution in [0.5, 0.6) is 5.75 Å². The molecule has 1 aromatic carbocycles. The lowest BCUT2D eigenvalue weighted by Gasteiger charge is -2.40. The fourth-order valence-corrected chi connectivity index (χ4v) is 2.60. The van der Waals surface area contributed by atoms with Crippen LogP contribution in [0, 0.1) is 5.41 Å². The van der Waals surface area contributed by atoms with Crippen molar-refractivity contribution in [3.05, 3.63) is 28.7 Å². The number of hydrogen-bond donors (Lipinski definition) is 1. The minimum absolute atomic E-state index is 0.339. The molecule has 2 rings (SSSR count). The maximum Gasteiger partial charge on any atom is 0.120 e. The van der Waals surface area contributed by atoms with E-state index < -0.39 is 0 Å². The standard InChI is InChI=1S/C12H15BrOS/c13-10-3-1-4-11(7-10)14-8-12(9-15)5-2-6-12/h1,3-4,7,15H,2,5-6,8-9H2. The zero-order valence-electron chi connectivity index (χ0n) is 8.58. The number of ether oxygens (including phenoxy) is 1. The summed E-state index contributed by atoms with van der Waals surface area (Å²) in [6.45, 7) is 0.799. The first-order valence-electron chi connectivity index (χ1n) is 5.23. The van der Waals surface area contributed by atoms with E-state index in [1.807, 2.05) is 24.3 Å². The molecule has 1 aromatic rings. The van der Waals surface area contributed by atoms with Crippen molar-refractivity contribution in [2.24, 2.45) is 5.41 Å². The molecule has 1 fully saturated rings. The SMILES string of the molecule is SCC1(COc2cccc(Br)c2)CCC1. The number of benzene rings is 1. The van der Waals surface area contributed by atoms with Crippen LogP contribution in [0.4, 0.5) is 0 Å². The third kappa shape index (κ3) is 2.70. The molecular formula is C12H15BrOS. The molecule has 3 heteroatoms. The lowest BCUT2D eigenvalue weighted by atomic mass is 9.71. The molecule has 1 aliphatic rings. The Morgan fingerprint density at radius 1 is 1.40 bits per heavy atom. The fraction of sp³-hybridized carbons (Fsp3) is 0.500. The number of rotatable bonds is 4. The van der Waals surface area contributed by atoms with Gasteiger partial charge in [-0.15, -0.1) is 0 Å².